The van der Waals surface area contributed by atoms with Crippen LogP contribution in [0.1, 0.15) is 22.4 Å². The van der Waals surface area contributed by atoms with Crippen LogP contribution in [0.3, 0.4) is 0 Å². The van der Waals surface area contributed by atoms with E-state index in [-0.39, 0.29) is 0 Å². The standard InChI is InChI=1S/C16H16N2O2S2/c1-11-12(2)20-15(18-11)9-22(19)10-16-17-8-14(21-16)13-6-4-3-5-7-13/h3-8H,9-10H2,1-2H3/t22-/m0/s1. The van der Waals surface area contributed by atoms with Crippen LogP contribution in [0, 0.1) is 13.8 Å². The summed E-state index contributed by atoms with van der Waals surface area (Å²) >= 11 is 1.58. The van der Waals surface area contributed by atoms with Gasteiger partial charge in [0.2, 0.25) is 5.89 Å². The summed E-state index contributed by atoms with van der Waals surface area (Å²) in [6.45, 7) is 3.75. The lowest BCUT2D eigenvalue weighted by molar-refractivity contribution is 0.487. The minimum atomic E-state index is -1.07. The number of nitrogens with zero attached hydrogens (tertiary/aromatic N) is 2. The number of hydrogen-bond acceptors (Lipinski definition) is 5. The van der Waals surface area contributed by atoms with Crippen LogP contribution in [0.5, 0.6) is 0 Å². The normalized spacial score (nSPS) is 12.5. The second-order valence-corrected chi connectivity index (χ2v) is 7.53. The predicted octanol–water partition coefficient (Wildman–Crippen LogP) is 3.86. The van der Waals surface area contributed by atoms with E-state index < -0.39 is 10.8 Å². The first kappa shape index (κ1) is 15.1. The van der Waals surface area contributed by atoms with Gasteiger partial charge in [-0.3, -0.25) is 4.21 Å². The Morgan fingerprint density at radius 3 is 2.64 bits per heavy atom. The zero-order valence-corrected chi connectivity index (χ0v) is 14.0. The van der Waals surface area contributed by atoms with E-state index in [1.165, 1.54) is 0 Å². The van der Waals surface area contributed by atoms with E-state index in [1.54, 1.807) is 11.3 Å². The minimum Gasteiger partial charge on any atom is -0.445 e. The van der Waals surface area contributed by atoms with Crippen molar-refractivity contribution >= 4 is 22.1 Å². The molecule has 1 atom stereocenters. The van der Waals surface area contributed by atoms with E-state index in [1.807, 2.05) is 50.4 Å². The van der Waals surface area contributed by atoms with Crippen LogP contribution in [0.25, 0.3) is 10.4 Å². The summed E-state index contributed by atoms with van der Waals surface area (Å²) in [6, 6.07) is 10.1. The highest BCUT2D eigenvalue weighted by Gasteiger charge is 2.12. The molecule has 3 rings (SSSR count). The molecule has 0 N–H and O–H groups in total. The van der Waals surface area contributed by atoms with Gasteiger partial charge < -0.3 is 4.42 Å². The largest absolute Gasteiger partial charge is 0.445 e. The van der Waals surface area contributed by atoms with Crippen molar-refractivity contribution in [2.75, 3.05) is 0 Å². The molecule has 2 heterocycles. The number of hydrogen-bond donors (Lipinski definition) is 0. The Bertz CT molecular complexity index is 774. The van der Waals surface area contributed by atoms with E-state index in [0.29, 0.717) is 17.4 Å². The molecule has 114 valence electrons. The molecule has 4 nitrogen and oxygen atoms in total. The number of thiazole rings is 1. The van der Waals surface area contributed by atoms with Crippen LogP contribution in [-0.4, -0.2) is 14.2 Å². The molecule has 0 fully saturated rings. The highest BCUT2D eigenvalue weighted by atomic mass is 32.2. The fourth-order valence-electron chi connectivity index (χ4n) is 2.04. The summed E-state index contributed by atoms with van der Waals surface area (Å²) in [6.07, 6.45) is 1.84. The minimum absolute atomic E-state index is 0.328. The van der Waals surface area contributed by atoms with Gasteiger partial charge in [0.05, 0.1) is 16.3 Å². The average Bonchev–Trinajstić information content (AvgIpc) is 3.07. The van der Waals surface area contributed by atoms with Gasteiger partial charge in [-0.1, -0.05) is 30.3 Å². The molecule has 0 spiro atoms. The van der Waals surface area contributed by atoms with Gasteiger partial charge in [-0.25, -0.2) is 9.97 Å². The molecule has 0 amide bonds. The molecule has 6 heteroatoms. The Balaban J connectivity index is 1.66. The maximum Gasteiger partial charge on any atom is 0.207 e. The van der Waals surface area contributed by atoms with Crippen LogP contribution in [-0.2, 0) is 22.3 Å². The zero-order chi connectivity index (χ0) is 15.5. The van der Waals surface area contributed by atoms with Crippen molar-refractivity contribution in [2.45, 2.75) is 25.4 Å². The number of aryl methyl sites for hydroxylation is 2. The molecular weight excluding hydrogens is 316 g/mol. The van der Waals surface area contributed by atoms with Crippen LogP contribution >= 0.6 is 11.3 Å². The molecule has 0 aliphatic rings. The lowest BCUT2D eigenvalue weighted by Crippen LogP contribution is -1.99. The third kappa shape index (κ3) is 3.51. The lowest BCUT2D eigenvalue weighted by atomic mass is 10.2. The summed E-state index contributed by atoms with van der Waals surface area (Å²) < 4.78 is 17.7. The first-order valence-electron chi connectivity index (χ1n) is 6.90. The molecule has 22 heavy (non-hydrogen) atoms. The zero-order valence-electron chi connectivity index (χ0n) is 12.4. The summed E-state index contributed by atoms with van der Waals surface area (Å²) in [5, 5.41) is 0.872. The Kier molecular flexibility index (Phi) is 4.49. The highest BCUT2D eigenvalue weighted by Crippen LogP contribution is 2.26. The second-order valence-electron chi connectivity index (χ2n) is 4.96. The first-order valence-corrected chi connectivity index (χ1v) is 9.20. The van der Waals surface area contributed by atoms with Gasteiger partial charge in [-0.2, -0.15) is 0 Å². The smallest absolute Gasteiger partial charge is 0.207 e. The van der Waals surface area contributed by atoms with Crippen LogP contribution < -0.4 is 0 Å². The summed E-state index contributed by atoms with van der Waals surface area (Å²) in [4.78, 5) is 9.73. The maximum atomic E-state index is 12.2. The van der Waals surface area contributed by atoms with Crippen molar-refractivity contribution in [2.24, 2.45) is 0 Å². The Morgan fingerprint density at radius 1 is 1.18 bits per heavy atom. The quantitative estimate of drug-likeness (QED) is 0.712. The molecular formula is C16H16N2O2S2. The van der Waals surface area contributed by atoms with Gasteiger partial charge in [0.15, 0.2) is 0 Å². The summed E-state index contributed by atoms with van der Waals surface area (Å²) in [5.41, 5.74) is 1.99. The SMILES string of the molecule is Cc1nc(C[S@](=O)Cc2ncc(-c3ccccc3)s2)oc1C. The predicted molar refractivity (Wildman–Crippen MR) is 89.1 cm³/mol. The first-order chi connectivity index (χ1) is 10.6. The van der Waals surface area contributed by atoms with Crippen molar-refractivity contribution in [3.05, 3.63) is 58.9 Å². The number of aromatic nitrogens is 2. The fraction of sp³-hybridized carbons (Fsp3) is 0.250. The molecule has 0 aliphatic carbocycles. The van der Waals surface area contributed by atoms with Crippen molar-refractivity contribution in [3.8, 4) is 10.4 Å². The monoisotopic (exact) mass is 332 g/mol. The maximum absolute atomic E-state index is 12.2. The van der Waals surface area contributed by atoms with Crippen LogP contribution in [0.15, 0.2) is 40.9 Å². The van der Waals surface area contributed by atoms with Gasteiger partial charge in [-0.05, 0) is 19.4 Å². The van der Waals surface area contributed by atoms with E-state index >= 15 is 0 Å². The van der Waals surface area contributed by atoms with Gasteiger partial charge in [0, 0.05) is 17.0 Å². The van der Waals surface area contributed by atoms with Gasteiger partial charge in [-0.15, -0.1) is 11.3 Å². The van der Waals surface area contributed by atoms with E-state index in [0.717, 1.165) is 26.9 Å². The molecule has 3 aromatic rings. The van der Waals surface area contributed by atoms with Crippen molar-refractivity contribution in [1.82, 2.24) is 9.97 Å². The van der Waals surface area contributed by atoms with Gasteiger partial charge in [0.25, 0.3) is 0 Å². The van der Waals surface area contributed by atoms with Gasteiger partial charge >= 0.3 is 0 Å². The molecule has 0 aliphatic heterocycles. The van der Waals surface area contributed by atoms with Crippen molar-refractivity contribution < 1.29 is 8.63 Å². The Labute approximate surface area is 135 Å². The molecule has 1 aromatic carbocycles. The van der Waals surface area contributed by atoms with E-state index in [9.17, 15) is 4.21 Å². The molecule has 0 radical (unpaired) electrons. The highest BCUT2D eigenvalue weighted by molar-refractivity contribution is 7.83. The molecule has 0 saturated carbocycles. The Hall–Kier alpha value is -1.79. The number of rotatable bonds is 5. The molecule has 0 bridgehead atoms. The number of benzene rings is 1. The van der Waals surface area contributed by atoms with E-state index in [2.05, 4.69) is 9.97 Å². The topological polar surface area (TPSA) is 56.0 Å². The van der Waals surface area contributed by atoms with Crippen LogP contribution in [0.4, 0.5) is 0 Å². The molecule has 0 saturated heterocycles. The van der Waals surface area contributed by atoms with E-state index in [4.69, 9.17) is 4.42 Å². The Morgan fingerprint density at radius 2 is 1.95 bits per heavy atom. The van der Waals surface area contributed by atoms with Crippen LogP contribution in [0.2, 0.25) is 0 Å². The molecule has 0 unspecified atom stereocenters. The third-order valence-corrected chi connectivity index (χ3v) is 5.65. The number of oxazole rings is 1. The summed E-state index contributed by atoms with van der Waals surface area (Å²) in [5.74, 6) is 2.08. The average molecular weight is 332 g/mol. The summed E-state index contributed by atoms with van der Waals surface area (Å²) in [7, 11) is -1.07. The van der Waals surface area contributed by atoms with Gasteiger partial charge in [0.1, 0.15) is 16.5 Å². The lowest BCUT2D eigenvalue weighted by Gasteiger charge is -1.96. The molecule has 2 aromatic heterocycles. The van der Waals surface area contributed by atoms with Crippen molar-refractivity contribution in [1.29, 1.82) is 0 Å². The fourth-order valence-corrected chi connectivity index (χ4v) is 4.24. The van der Waals surface area contributed by atoms with Crippen molar-refractivity contribution in [3.63, 3.8) is 0 Å². The third-order valence-electron chi connectivity index (χ3n) is 3.25. The second kappa shape index (κ2) is 6.54.